The molecule has 1 aromatic rings. The van der Waals surface area contributed by atoms with E-state index in [2.05, 4.69) is 0 Å². The van der Waals surface area contributed by atoms with Crippen LogP contribution in [0.1, 0.15) is 24.3 Å². The second-order valence-electron chi connectivity index (χ2n) is 5.14. The van der Waals surface area contributed by atoms with Crippen molar-refractivity contribution in [3.05, 3.63) is 23.8 Å². The fraction of sp³-hybridized carbons (Fsp3) is 0.462. The number of ether oxygens (including phenoxy) is 1. The highest BCUT2D eigenvalue weighted by molar-refractivity contribution is 7.89. The molecule has 3 rings (SSSR count). The van der Waals surface area contributed by atoms with Crippen molar-refractivity contribution in [1.29, 1.82) is 0 Å². The van der Waals surface area contributed by atoms with Crippen LogP contribution < -0.4 is 9.88 Å². The fourth-order valence-corrected chi connectivity index (χ4v) is 3.28. The molecule has 20 heavy (non-hydrogen) atoms. The summed E-state index contributed by atoms with van der Waals surface area (Å²) in [6.45, 7) is 1.79. The Bertz CT molecular complexity index is 650. The number of amides is 1. The van der Waals surface area contributed by atoms with E-state index in [1.807, 2.05) is 4.90 Å². The summed E-state index contributed by atoms with van der Waals surface area (Å²) < 4.78 is 28.3. The first-order valence-corrected chi connectivity index (χ1v) is 8.10. The first kappa shape index (κ1) is 13.4. The SMILES string of the molecule is NS(=O)(=O)c1ccc2c(c1)C(C(=O)N1CCCC1)CO2. The van der Waals surface area contributed by atoms with Crippen molar-refractivity contribution in [3.8, 4) is 5.75 Å². The Hall–Kier alpha value is -1.60. The third-order valence-corrected chi connectivity index (χ3v) is 4.72. The summed E-state index contributed by atoms with van der Waals surface area (Å²) >= 11 is 0. The van der Waals surface area contributed by atoms with Gasteiger partial charge in [-0.1, -0.05) is 0 Å². The number of carbonyl (C=O) groups is 1. The van der Waals surface area contributed by atoms with Gasteiger partial charge in [-0.3, -0.25) is 4.79 Å². The van der Waals surface area contributed by atoms with Crippen LogP contribution in [0.3, 0.4) is 0 Å². The molecule has 2 N–H and O–H groups in total. The zero-order valence-corrected chi connectivity index (χ0v) is 11.7. The molecular formula is C13H16N2O4S. The Kier molecular flexibility index (Phi) is 3.18. The molecule has 2 aliphatic rings. The lowest BCUT2D eigenvalue weighted by Gasteiger charge is -2.19. The van der Waals surface area contributed by atoms with Crippen molar-refractivity contribution >= 4 is 15.9 Å². The number of benzene rings is 1. The van der Waals surface area contributed by atoms with Crippen LogP contribution in [-0.2, 0) is 14.8 Å². The minimum absolute atomic E-state index is 0.00724. The van der Waals surface area contributed by atoms with Gasteiger partial charge < -0.3 is 9.64 Å². The molecule has 1 saturated heterocycles. The van der Waals surface area contributed by atoms with Crippen LogP contribution in [-0.4, -0.2) is 38.9 Å². The van der Waals surface area contributed by atoms with E-state index in [-0.39, 0.29) is 17.4 Å². The normalized spacial score (nSPS) is 21.6. The molecular weight excluding hydrogens is 280 g/mol. The van der Waals surface area contributed by atoms with Crippen LogP contribution in [0.2, 0.25) is 0 Å². The third-order valence-electron chi connectivity index (χ3n) is 3.81. The van der Waals surface area contributed by atoms with Crippen LogP contribution in [0.15, 0.2) is 23.1 Å². The largest absolute Gasteiger partial charge is 0.492 e. The molecule has 1 amide bonds. The maximum absolute atomic E-state index is 12.4. The van der Waals surface area contributed by atoms with E-state index in [4.69, 9.17) is 9.88 Å². The van der Waals surface area contributed by atoms with E-state index < -0.39 is 15.9 Å². The molecule has 0 aliphatic carbocycles. The molecule has 1 aromatic carbocycles. The van der Waals surface area contributed by atoms with E-state index >= 15 is 0 Å². The number of fused-ring (bicyclic) bond motifs is 1. The Morgan fingerprint density at radius 3 is 2.65 bits per heavy atom. The number of carbonyl (C=O) groups excluding carboxylic acids is 1. The smallest absolute Gasteiger partial charge is 0.238 e. The molecule has 7 heteroatoms. The molecule has 1 unspecified atom stereocenters. The van der Waals surface area contributed by atoms with Crippen molar-refractivity contribution in [3.63, 3.8) is 0 Å². The van der Waals surface area contributed by atoms with Gasteiger partial charge in [-0.25, -0.2) is 13.6 Å². The lowest BCUT2D eigenvalue weighted by Crippen LogP contribution is -2.33. The lowest BCUT2D eigenvalue weighted by atomic mass is 10.00. The Morgan fingerprint density at radius 1 is 1.30 bits per heavy atom. The van der Waals surface area contributed by atoms with E-state index in [0.29, 0.717) is 11.3 Å². The predicted molar refractivity (Wildman–Crippen MR) is 71.9 cm³/mol. The minimum atomic E-state index is -3.77. The van der Waals surface area contributed by atoms with Gasteiger partial charge in [0.1, 0.15) is 18.3 Å². The number of nitrogens with zero attached hydrogens (tertiary/aromatic N) is 1. The average Bonchev–Trinajstić information content (AvgIpc) is 3.06. The number of sulfonamides is 1. The summed E-state index contributed by atoms with van der Waals surface area (Å²) in [5.74, 6) is 0.146. The zero-order valence-electron chi connectivity index (χ0n) is 10.9. The number of nitrogens with two attached hydrogens (primary N) is 1. The fourth-order valence-electron chi connectivity index (χ4n) is 2.73. The van der Waals surface area contributed by atoms with E-state index in [1.165, 1.54) is 12.1 Å². The van der Waals surface area contributed by atoms with E-state index in [1.54, 1.807) is 6.07 Å². The lowest BCUT2D eigenvalue weighted by molar-refractivity contribution is -0.131. The highest BCUT2D eigenvalue weighted by Gasteiger charge is 2.35. The summed E-state index contributed by atoms with van der Waals surface area (Å²) in [5, 5.41) is 5.13. The van der Waals surface area contributed by atoms with E-state index in [0.717, 1.165) is 25.9 Å². The number of hydrogen-bond donors (Lipinski definition) is 1. The number of hydrogen-bond acceptors (Lipinski definition) is 4. The molecule has 2 heterocycles. The van der Waals surface area contributed by atoms with Gasteiger partial charge in [0.2, 0.25) is 15.9 Å². The molecule has 0 aromatic heterocycles. The maximum atomic E-state index is 12.4. The monoisotopic (exact) mass is 296 g/mol. The van der Waals surface area contributed by atoms with Crippen LogP contribution in [0.4, 0.5) is 0 Å². The van der Waals surface area contributed by atoms with Crippen LogP contribution in [0.25, 0.3) is 0 Å². The van der Waals surface area contributed by atoms with Crippen LogP contribution in [0, 0.1) is 0 Å². The Balaban J connectivity index is 1.94. The summed E-state index contributed by atoms with van der Waals surface area (Å²) in [4.78, 5) is 14.3. The van der Waals surface area contributed by atoms with Crippen molar-refractivity contribution in [2.45, 2.75) is 23.7 Å². The average molecular weight is 296 g/mol. The number of likely N-dealkylation sites (tertiary alicyclic amines) is 1. The van der Waals surface area contributed by atoms with E-state index in [9.17, 15) is 13.2 Å². The van der Waals surface area contributed by atoms with Gasteiger partial charge in [-0.05, 0) is 31.0 Å². The first-order valence-electron chi connectivity index (χ1n) is 6.55. The van der Waals surface area contributed by atoms with Crippen molar-refractivity contribution < 1.29 is 17.9 Å². The van der Waals surface area contributed by atoms with Crippen molar-refractivity contribution in [2.24, 2.45) is 5.14 Å². The van der Waals surface area contributed by atoms with Crippen molar-refractivity contribution in [2.75, 3.05) is 19.7 Å². The zero-order chi connectivity index (χ0) is 14.3. The highest BCUT2D eigenvalue weighted by Crippen LogP contribution is 2.36. The number of rotatable bonds is 2. The maximum Gasteiger partial charge on any atom is 0.238 e. The highest BCUT2D eigenvalue weighted by atomic mass is 32.2. The topological polar surface area (TPSA) is 89.7 Å². The van der Waals surface area contributed by atoms with Gasteiger partial charge in [-0.15, -0.1) is 0 Å². The third kappa shape index (κ3) is 2.27. The van der Waals surface area contributed by atoms with Gasteiger partial charge in [0.15, 0.2) is 0 Å². The second kappa shape index (κ2) is 4.75. The molecule has 0 spiro atoms. The van der Waals surface area contributed by atoms with Gasteiger partial charge in [0.25, 0.3) is 0 Å². The van der Waals surface area contributed by atoms with Crippen LogP contribution >= 0.6 is 0 Å². The molecule has 0 radical (unpaired) electrons. The summed E-state index contributed by atoms with van der Waals surface area (Å²) in [7, 11) is -3.77. The Labute approximate surface area is 117 Å². The Morgan fingerprint density at radius 2 is 2.00 bits per heavy atom. The summed E-state index contributed by atoms with van der Waals surface area (Å²) in [6.07, 6.45) is 2.03. The van der Waals surface area contributed by atoms with Gasteiger partial charge in [0.05, 0.1) is 4.90 Å². The van der Waals surface area contributed by atoms with Gasteiger partial charge in [0, 0.05) is 18.7 Å². The second-order valence-corrected chi connectivity index (χ2v) is 6.70. The van der Waals surface area contributed by atoms with Gasteiger partial charge in [-0.2, -0.15) is 0 Å². The summed E-state index contributed by atoms with van der Waals surface area (Å²) in [5.41, 5.74) is 0.619. The molecule has 6 nitrogen and oxygen atoms in total. The number of primary sulfonamides is 1. The molecule has 2 aliphatic heterocycles. The minimum Gasteiger partial charge on any atom is -0.492 e. The molecule has 0 bridgehead atoms. The van der Waals surface area contributed by atoms with Crippen LogP contribution in [0.5, 0.6) is 5.75 Å². The first-order chi connectivity index (χ1) is 9.47. The quantitative estimate of drug-likeness (QED) is 0.857. The molecule has 1 fully saturated rings. The predicted octanol–water partition coefficient (Wildman–Crippen LogP) is 0.432. The molecule has 0 saturated carbocycles. The standard InChI is InChI=1S/C13H16N2O4S/c14-20(17,18)9-3-4-12-10(7-9)11(8-19-12)13(16)15-5-1-2-6-15/h3-4,7,11H,1-2,5-6,8H2,(H2,14,17,18). The van der Waals surface area contributed by atoms with Crippen molar-refractivity contribution in [1.82, 2.24) is 4.90 Å². The molecule has 1 atom stereocenters. The molecule has 108 valence electrons. The summed E-state index contributed by atoms with van der Waals surface area (Å²) in [6, 6.07) is 4.42. The van der Waals surface area contributed by atoms with Gasteiger partial charge >= 0.3 is 0 Å².